The van der Waals surface area contributed by atoms with Crippen LogP contribution in [0.3, 0.4) is 0 Å². The predicted molar refractivity (Wildman–Crippen MR) is 165 cm³/mol. The van der Waals surface area contributed by atoms with E-state index in [1.807, 2.05) is 67.7 Å². The van der Waals surface area contributed by atoms with Gasteiger partial charge in [0.1, 0.15) is 11.6 Å². The summed E-state index contributed by atoms with van der Waals surface area (Å²) in [6, 6.07) is 12.8. The Morgan fingerprint density at radius 3 is 2.63 bits per heavy atom. The van der Waals surface area contributed by atoms with E-state index in [1.165, 1.54) is 4.90 Å². The predicted octanol–water partition coefficient (Wildman–Crippen LogP) is 4.18. The maximum absolute atomic E-state index is 13.8. The molecule has 0 aliphatic carbocycles. The molecule has 3 atom stereocenters. The van der Waals surface area contributed by atoms with Gasteiger partial charge in [0.05, 0.1) is 18.2 Å². The number of nitrogens with zero attached hydrogens (tertiary/aromatic N) is 3. The molecule has 43 heavy (non-hydrogen) atoms. The lowest BCUT2D eigenvalue weighted by atomic mass is 9.91. The van der Waals surface area contributed by atoms with Crippen molar-refractivity contribution in [3.05, 3.63) is 60.3 Å². The number of aromatic amines is 1. The highest BCUT2D eigenvalue weighted by Gasteiger charge is 2.45. The highest BCUT2D eigenvalue weighted by molar-refractivity contribution is 6.16. The van der Waals surface area contributed by atoms with E-state index in [4.69, 9.17) is 4.74 Å². The summed E-state index contributed by atoms with van der Waals surface area (Å²) < 4.78 is 5.46. The normalized spacial score (nSPS) is 19.6. The van der Waals surface area contributed by atoms with Crippen molar-refractivity contribution >= 4 is 46.2 Å². The number of amides is 5. The number of urea groups is 1. The summed E-state index contributed by atoms with van der Waals surface area (Å²) >= 11 is 0. The average molecular weight is 589 g/mol. The van der Waals surface area contributed by atoms with Crippen LogP contribution < -0.4 is 20.4 Å². The minimum Gasteiger partial charge on any atom is -0.444 e. The van der Waals surface area contributed by atoms with E-state index >= 15 is 0 Å². The number of carbonyl (C=O) groups excluding carboxylic acids is 4. The maximum Gasteiger partial charge on any atom is 0.408 e. The summed E-state index contributed by atoms with van der Waals surface area (Å²) in [7, 11) is 3.80. The van der Waals surface area contributed by atoms with Gasteiger partial charge < -0.3 is 30.2 Å². The molecule has 228 valence electrons. The summed E-state index contributed by atoms with van der Waals surface area (Å²) in [5.41, 5.74) is 2.46. The topological polar surface area (TPSA) is 127 Å². The number of benzene rings is 2. The number of fused-ring (bicyclic) bond motifs is 2. The van der Waals surface area contributed by atoms with E-state index in [1.54, 1.807) is 31.7 Å². The molecule has 0 bridgehead atoms. The number of carbonyl (C=O) groups is 4. The van der Waals surface area contributed by atoms with Crippen LogP contribution in [0.1, 0.15) is 45.6 Å². The SMILES string of the molecule is CN(C)c1cccc(N2C(=O)C[C@H]3[C@H](NC(=O)[C@H](Cc4c[nH]c5ccccc45)NC(=O)OC(C)(C)C)CCCN3C2=O)c1. The number of anilines is 2. The molecule has 3 aromatic rings. The molecule has 1 aromatic heterocycles. The van der Waals surface area contributed by atoms with Gasteiger partial charge >= 0.3 is 12.1 Å². The van der Waals surface area contributed by atoms with Crippen LogP contribution in [0, 0.1) is 0 Å². The summed E-state index contributed by atoms with van der Waals surface area (Å²) in [6.07, 6.45) is 2.72. The van der Waals surface area contributed by atoms with Crippen LogP contribution in [0.4, 0.5) is 21.0 Å². The van der Waals surface area contributed by atoms with E-state index in [2.05, 4.69) is 15.6 Å². The number of piperidine rings is 1. The fraction of sp³-hybridized carbons (Fsp3) is 0.438. The number of rotatable bonds is 7. The highest BCUT2D eigenvalue weighted by Crippen LogP contribution is 2.32. The second kappa shape index (κ2) is 12.0. The van der Waals surface area contributed by atoms with Crippen molar-refractivity contribution in [2.24, 2.45) is 0 Å². The van der Waals surface area contributed by atoms with E-state index in [0.717, 1.165) is 22.2 Å². The van der Waals surface area contributed by atoms with Crippen LogP contribution in [-0.2, 0) is 20.7 Å². The van der Waals surface area contributed by atoms with Crippen molar-refractivity contribution in [3.8, 4) is 0 Å². The zero-order valence-corrected chi connectivity index (χ0v) is 25.3. The number of imide groups is 1. The third-order valence-corrected chi connectivity index (χ3v) is 7.89. The average Bonchev–Trinajstić information content (AvgIpc) is 3.35. The first kappa shape index (κ1) is 29.9. The molecule has 0 saturated carbocycles. The third kappa shape index (κ3) is 6.60. The second-order valence-electron chi connectivity index (χ2n) is 12.4. The van der Waals surface area contributed by atoms with E-state index in [9.17, 15) is 19.2 Å². The minimum atomic E-state index is -0.940. The van der Waals surface area contributed by atoms with Crippen molar-refractivity contribution in [2.45, 2.75) is 70.2 Å². The Bertz CT molecular complexity index is 1530. The van der Waals surface area contributed by atoms with Gasteiger partial charge in [-0.3, -0.25) is 9.59 Å². The van der Waals surface area contributed by atoms with Gasteiger partial charge in [-0.25, -0.2) is 14.5 Å². The smallest absolute Gasteiger partial charge is 0.408 e. The molecule has 11 nitrogen and oxygen atoms in total. The Kier molecular flexibility index (Phi) is 8.34. The Balaban J connectivity index is 1.35. The quantitative estimate of drug-likeness (QED) is 0.380. The van der Waals surface area contributed by atoms with Gasteiger partial charge in [-0.15, -0.1) is 0 Å². The zero-order valence-electron chi connectivity index (χ0n) is 25.3. The van der Waals surface area contributed by atoms with Crippen LogP contribution in [0.5, 0.6) is 0 Å². The van der Waals surface area contributed by atoms with E-state index in [0.29, 0.717) is 25.1 Å². The number of hydrogen-bond donors (Lipinski definition) is 3. The Morgan fingerprint density at radius 2 is 1.88 bits per heavy atom. The maximum atomic E-state index is 13.8. The summed E-state index contributed by atoms with van der Waals surface area (Å²) in [5, 5.41) is 6.78. The summed E-state index contributed by atoms with van der Waals surface area (Å²) in [5.74, 6) is -0.713. The second-order valence-corrected chi connectivity index (χ2v) is 12.4. The van der Waals surface area contributed by atoms with Crippen LogP contribution in [0.2, 0.25) is 0 Å². The van der Waals surface area contributed by atoms with E-state index in [-0.39, 0.29) is 18.7 Å². The Morgan fingerprint density at radius 1 is 1.12 bits per heavy atom. The molecule has 2 aliphatic rings. The third-order valence-electron chi connectivity index (χ3n) is 7.89. The molecule has 2 aromatic carbocycles. The number of aromatic nitrogens is 1. The van der Waals surface area contributed by atoms with Crippen molar-refractivity contribution < 1.29 is 23.9 Å². The number of H-pyrrole nitrogens is 1. The molecule has 2 saturated heterocycles. The van der Waals surface area contributed by atoms with Crippen molar-refractivity contribution in [2.75, 3.05) is 30.4 Å². The van der Waals surface area contributed by atoms with Gasteiger partial charge in [-0.2, -0.15) is 0 Å². The molecule has 11 heteroatoms. The minimum absolute atomic E-state index is 0.0789. The molecular formula is C32H40N6O5. The van der Waals surface area contributed by atoms with Crippen LogP contribution in [-0.4, -0.2) is 78.2 Å². The van der Waals surface area contributed by atoms with Crippen molar-refractivity contribution in [3.63, 3.8) is 0 Å². The first-order valence-corrected chi connectivity index (χ1v) is 14.7. The van der Waals surface area contributed by atoms with Gasteiger partial charge in [0.25, 0.3) is 0 Å². The monoisotopic (exact) mass is 588 g/mol. The lowest BCUT2D eigenvalue weighted by Crippen LogP contribution is -2.66. The first-order chi connectivity index (χ1) is 20.4. The van der Waals surface area contributed by atoms with Gasteiger partial charge in [0, 0.05) is 55.9 Å². The molecule has 0 unspecified atom stereocenters. The number of hydrogen-bond acceptors (Lipinski definition) is 6. The number of ether oxygens (including phenoxy) is 1. The molecule has 3 heterocycles. The lowest BCUT2D eigenvalue weighted by molar-refractivity contribution is -0.126. The molecule has 0 spiro atoms. The molecule has 0 radical (unpaired) electrons. The Labute approximate surface area is 251 Å². The summed E-state index contributed by atoms with van der Waals surface area (Å²) in [6.45, 7) is 5.77. The van der Waals surface area contributed by atoms with Gasteiger partial charge in [0.2, 0.25) is 11.8 Å². The van der Waals surface area contributed by atoms with Crippen molar-refractivity contribution in [1.29, 1.82) is 0 Å². The molecule has 2 fully saturated rings. The zero-order chi connectivity index (χ0) is 30.9. The molecule has 2 aliphatic heterocycles. The largest absolute Gasteiger partial charge is 0.444 e. The number of nitrogens with one attached hydrogen (secondary N) is 3. The number of alkyl carbamates (subject to hydrolysis) is 1. The van der Waals surface area contributed by atoms with E-state index < -0.39 is 41.8 Å². The van der Waals surface area contributed by atoms with Crippen LogP contribution >= 0.6 is 0 Å². The van der Waals surface area contributed by atoms with Gasteiger partial charge in [-0.05, 0) is 63.4 Å². The van der Waals surface area contributed by atoms with Crippen LogP contribution in [0.25, 0.3) is 10.9 Å². The molecule has 3 N–H and O–H groups in total. The van der Waals surface area contributed by atoms with Crippen molar-refractivity contribution in [1.82, 2.24) is 20.5 Å². The molecule has 5 amide bonds. The fourth-order valence-electron chi connectivity index (χ4n) is 5.85. The first-order valence-electron chi connectivity index (χ1n) is 14.7. The molecule has 5 rings (SSSR count). The molecular weight excluding hydrogens is 548 g/mol. The summed E-state index contributed by atoms with van der Waals surface area (Å²) in [4.78, 5) is 61.7. The van der Waals surface area contributed by atoms with Gasteiger partial charge in [0.15, 0.2) is 0 Å². The van der Waals surface area contributed by atoms with Gasteiger partial charge in [-0.1, -0.05) is 24.3 Å². The lowest BCUT2D eigenvalue weighted by Gasteiger charge is -2.46. The number of para-hydroxylation sites is 1. The highest BCUT2D eigenvalue weighted by atomic mass is 16.6. The fourth-order valence-corrected chi connectivity index (χ4v) is 5.85. The standard InChI is InChI=1S/C32H40N6O5/c1-32(2,3)43-30(41)35-26(16-20-19-33-24-13-7-6-12-23(20)24)29(40)34-25-14-9-15-37-27(25)18-28(39)38(31(37)42)22-11-8-10-21(17-22)36(4)5/h6-8,10-13,17,19,25-27,33H,9,14-16,18H2,1-5H3,(H,34,40)(H,35,41)/t25-,26+,27+/m1/s1. The van der Waals surface area contributed by atoms with Crippen LogP contribution in [0.15, 0.2) is 54.7 Å². The Hall–Kier alpha value is -4.54.